The molecule has 0 saturated carbocycles. The van der Waals surface area contributed by atoms with E-state index >= 15 is 0 Å². The third-order valence-corrected chi connectivity index (χ3v) is 4.47. The molecule has 0 bridgehead atoms. The first-order valence-corrected chi connectivity index (χ1v) is 11.2. The Hall–Kier alpha value is -1.99. The minimum Gasteiger partial charge on any atom is -0.495 e. The molecule has 1 aliphatic heterocycles. The molecule has 2 heterocycles. The summed E-state index contributed by atoms with van der Waals surface area (Å²) in [6.07, 6.45) is 2.07. The fraction of sp³-hybridized carbons (Fsp3) is 0.524. The van der Waals surface area contributed by atoms with Crippen molar-refractivity contribution < 1.29 is 9.47 Å². The molecule has 0 radical (unpaired) electrons. The van der Waals surface area contributed by atoms with Crippen molar-refractivity contribution in [3.05, 3.63) is 30.0 Å². The number of ether oxygens (including phenoxy) is 2. The number of thioether (sulfide) groups is 1. The molecule has 0 spiro atoms. The lowest BCUT2D eigenvalue weighted by atomic mass is 10.1. The van der Waals surface area contributed by atoms with Crippen LogP contribution in [0.2, 0.25) is 0 Å². The molecule has 156 valence electrons. The number of hydrogen-bond acceptors (Lipinski definition) is 7. The summed E-state index contributed by atoms with van der Waals surface area (Å²) < 4.78 is 10.8. The van der Waals surface area contributed by atoms with Gasteiger partial charge in [0.05, 0.1) is 31.7 Å². The normalized spacial score (nSPS) is 13.0. The first-order valence-electron chi connectivity index (χ1n) is 9.84. The van der Waals surface area contributed by atoms with Crippen molar-refractivity contribution in [3.8, 4) is 17.1 Å². The summed E-state index contributed by atoms with van der Waals surface area (Å²) in [5.74, 6) is 3.13. The number of benzene rings is 1. The average Bonchev–Trinajstić information content (AvgIpc) is 2.77. The quantitative estimate of drug-likeness (QED) is 0.734. The van der Waals surface area contributed by atoms with Crippen molar-refractivity contribution in [2.75, 3.05) is 50.3 Å². The van der Waals surface area contributed by atoms with Gasteiger partial charge >= 0.3 is 0 Å². The van der Waals surface area contributed by atoms with Crippen LogP contribution in [0.15, 0.2) is 24.3 Å². The number of hydrogen-bond donors (Lipinski definition) is 1. The predicted octanol–water partition coefficient (Wildman–Crippen LogP) is 4.49. The summed E-state index contributed by atoms with van der Waals surface area (Å²) in [5, 5.41) is 0. The van der Waals surface area contributed by atoms with Gasteiger partial charge in [0.2, 0.25) is 0 Å². The number of nitrogen functional groups attached to an aromatic ring is 1. The maximum atomic E-state index is 5.91. The topological polar surface area (TPSA) is 73.5 Å². The lowest BCUT2D eigenvalue weighted by molar-refractivity contribution is 0.122. The average molecular weight is 407 g/mol. The Morgan fingerprint density at radius 2 is 1.79 bits per heavy atom. The monoisotopic (exact) mass is 406 g/mol. The molecule has 1 aromatic carbocycles. The number of morpholine rings is 1. The summed E-state index contributed by atoms with van der Waals surface area (Å²) in [6.45, 7) is 11.2. The second kappa shape index (κ2) is 13.2. The van der Waals surface area contributed by atoms with Gasteiger partial charge in [0.1, 0.15) is 11.6 Å². The Morgan fingerprint density at radius 1 is 1.11 bits per heavy atom. The molecule has 6 nitrogen and oxygen atoms in total. The van der Waals surface area contributed by atoms with E-state index in [0.717, 1.165) is 49.1 Å². The van der Waals surface area contributed by atoms with Crippen LogP contribution in [0, 0.1) is 0 Å². The molecule has 2 aromatic rings. The van der Waals surface area contributed by atoms with Gasteiger partial charge in [-0.25, -0.2) is 9.97 Å². The highest BCUT2D eigenvalue weighted by molar-refractivity contribution is 7.97. The molecule has 1 fully saturated rings. The maximum absolute atomic E-state index is 5.91. The zero-order valence-electron chi connectivity index (χ0n) is 18.0. The van der Waals surface area contributed by atoms with Crippen LogP contribution in [0.4, 0.5) is 11.5 Å². The van der Waals surface area contributed by atoms with E-state index in [1.54, 1.807) is 18.9 Å². The Balaban J connectivity index is 0.000000921. The van der Waals surface area contributed by atoms with E-state index in [2.05, 4.69) is 17.2 Å². The number of nitrogens with zero attached hydrogens (tertiary/aromatic N) is 3. The van der Waals surface area contributed by atoms with Crippen LogP contribution in [0.25, 0.3) is 11.4 Å². The number of rotatable bonds is 5. The predicted molar refractivity (Wildman–Crippen MR) is 121 cm³/mol. The SMILES string of the molecule is CC.CC.COc1cc(-c2nc(CSC)cc(N3CCOCC3)n2)ccc1N. The summed E-state index contributed by atoms with van der Waals surface area (Å²) >= 11 is 1.75. The van der Waals surface area contributed by atoms with Crippen LogP contribution in [0.5, 0.6) is 5.75 Å². The van der Waals surface area contributed by atoms with Crippen LogP contribution in [-0.4, -0.2) is 49.6 Å². The molecule has 0 aliphatic carbocycles. The zero-order valence-corrected chi connectivity index (χ0v) is 18.8. The minimum atomic E-state index is 0.606. The molecule has 0 atom stereocenters. The van der Waals surface area contributed by atoms with Crippen LogP contribution >= 0.6 is 11.8 Å². The molecule has 0 amide bonds. The van der Waals surface area contributed by atoms with E-state index < -0.39 is 0 Å². The van der Waals surface area contributed by atoms with Gasteiger partial charge in [-0.1, -0.05) is 27.7 Å². The second-order valence-electron chi connectivity index (χ2n) is 5.53. The highest BCUT2D eigenvalue weighted by Crippen LogP contribution is 2.29. The molecular weight excluding hydrogens is 372 g/mol. The third-order valence-electron chi connectivity index (χ3n) is 3.88. The van der Waals surface area contributed by atoms with E-state index in [0.29, 0.717) is 17.3 Å². The lowest BCUT2D eigenvalue weighted by Gasteiger charge is -2.28. The summed E-state index contributed by atoms with van der Waals surface area (Å²) in [5.41, 5.74) is 8.44. The van der Waals surface area contributed by atoms with Gasteiger partial charge in [-0.05, 0) is 24.5 Å². The van der Waals surface area contributed by atoms with Gasteiger partial charge in [0.15, 0.2) is 5.82 Å². The Labute approximate surface area is 173 Å². The smallest absolute Gasteiger partial charge is 0.161 e. The van der Waals surface area contributed by atoms with Crippen molar-refractivity contribution in [2.45, 2.75) is 33.4 Å². The standard InChI is InChI=1S/C17H22N4O2S.2C2H6/c1-22-15-9-12(3-4-14(15)18)17-19-13(11-24-2)10-16(20-17)21-5-7-23-8-6-21;2*1-2/h3-4,9-10H,5-8,11,18H2,1-2H3;2*1-2H3. The summed E-state index contributed by atoms with van der Waals surface area (Å²) in [7, 11) is 1.61. The van der Waals surface area contributed by atoms with E-state index in [-0.39, 0.29) is 0 Å². The fourth-order valence-corrected chi connectivity index (χ4v) is 3.08. The van der Waals surface area contributed by atoms with Gasteiger partial charge < -0.3 is 20.1 Å². The van der Waals surface area contributed by atoms with Gasteiger partial charge in [-0.2, -0.15) is 11.8 Å². The number of methoxy groups -OCH3 is 1. The fourth-order valence-electron chi connectivity index (χ4n) is 2.64. The van der Waals surface area contributed by atoms with E-state index in [4.69, 9.17) is 25.2 Å². The second-order valence-corrected chi connectivity index (χ2v) is 6.40. The van der Waals surface area contributed by atoms with Crippen LogP contribution in [0.3, 0.4) is 0 Å². The van der Waals surface area contributed by atoms with Crippen LogP contribution < -0.4 is 15.4 Å². The largest absolute Gasteiger partial charge is 0.495 e. The summed E-state index contributed by atoms with van der Waals surface area (Å²) in [6, 6.07) is 7.71. The molecule has 0 unspecified atom stereocenters. The highest BCUT2D eigenvalue weighted by Gasteiger charge is 2.16. The maximum Gasteiger partial charge on any atom is 0.161 e. The third kappa shape index (κ3) is 6.56. The number of anilines is 2. The molecule has 1 aliphatic rings. The van der Waals surface area contributed by atoms with Gasteiger partial charge in [0.25, 0.3) is 0 Å². The summed E-state index contributed by atoms with van der Waals surface area (Å²) in [4.78, 5) is 11.7. The molecule has 2 N–H and O–H groups in total. The number of nitrogens with two attached hydrogens (primary N) is 1. The Bertz CT molecular complexity index is 707. The molecule has 7 heteroatoms. The molecular formula is C21H34N4O2S. The van der Waals surface area contributed by atoms with Crippen LogP contribution in [0.1, 0.15) is 33.4 Å². The minimum absolute atomic E-state index is 0.606. The van der Waals surface area contributed by atoms with Crippen LogP contribution in [-0.2, 0) is 10.5 Å². The first-order chi connectivity index (χ1) is 13.7. The van der Waals surface area contributed by atoms with E-state index in [1.165, 1.54) is 0 Å². The van der Waals surface area contributed by atoms with Crippen molar-refractivity contribution in [2.24, 2.45) is 0 Å². The highest BCUT2D eigenvalue weighted by atomic mass is 32.2. The van der Waals surface area contributed by atoms with Crippen molar-refractivity contribution in [1.82, 2.24) is 9.97 Å². The van der Waals surface area contributed by atoms with Crippen molar-refractivity contribution >= 4 is 23.3 Å². The molecule has 3 rings (SSSR count). The molecule has 28 heavy (non-hydrogen) atoms. The zero-order chi connectivity index (χ0) is 20.9. The van der Waals surface area contributed by atoms with E-state index in [1.807, 2.05) is 45.9 Å². The van der Waals surface area contributed by atoms with Crippen molar-refractivity contribution in [1.29, 1.82) is 0 Å². The number of aromatic nitrogens is 2. The molecule has 1 saturated heterocycles. The Kier molecular flexibility index (Phi) is 11.4. The van der Waals surface area contributed by atoms with Crippen molar-refractivity contribution in [3.63, 3.8) is 0 Å². The van der Waals surface area contributed by atoms with Gasteiger partial charge in [-0.15, -0.1) is 0 Å². The van der Waals surface area contributed by atoms with E-state index in [9.17, 15) is 0 Å². The van der Waals surface area contributed by atoms with Gasteiger partial charge in [0, 0.05) is 30.5 Å². The Morgan fingerprint density at radius 3 is 2.39 bits per heavy atom. The van der Waals surface area contributed by atoms with Gasteiger partial charge in [-0.3, -0.25) is 0 Å². The first kappa shape index (κ1) is 24.0. The molecule has 1 aromatic heterocycles. The lowest BCUT2D eigenvalue weighted by Crippen LogP contribution is -2.37.